The molecule has 2 heterocycles. The molecule has 8 heteroatoms. The van der Waals surface area contributed by atoms with Crippen LogP contribution >= 0.6 is 11.3 Å². The number of ether oxygens (including phenoxy) is 2. The van der Waals surface area contributed by atoms with E-state index >= 15 is 0 Å². The highest BCUT2D eigenvalue weighted by atomic mass is 32.1. The van der Waals surface area contributed by atoms with Crippen LogP contribution in [0.15, 0.2) is 11.1 Å². The zero-order valence-electron chi connectivity index (χ0n) is 15.7. The van der Waals surface area contributed by atoms with Crippen LogP contribution in [0.4, 0.5) is 0 Å². The number of carbonyl (C=O) groups excluding carboxylic acids is 2. The summed E-state index contributed by atoms with van der Waals surface area (Å²) in [5, 5.41) is 0.335. The fourth-order valence-corrected chi connectivity index (χ4v) is 3.45. The molecule has 0 radical (unpaired) electrons. The summed E-state index contributed by atoms with van der Waals surface area (Å²) >= 11 is 1.12. The Balaban J connectivity index is 2.38. The van der Waals surface area contributed by atoms with Crippen molar-refractivity contribution in [2.24, 2.45) is 0 Å². The zero-order valence-corrected chi connectivity index (χ0v) is 16.5. The average molecular weight is 380 g/mol. The molecule has 2 rings (SSSR count). The Bertz CT molecular complexity index is 868. The summed E-state index contributed by atoms with van der Waals surface area (Å²) in [5.41, 5.74) is 0.154. The van der Waals surface area contributed by atoms with Gasteiger partial charge in [0.2, 0.25) is 0 Å². The van der Waals surface area contributed by atoms with Crippen molar-refractivity contribution >= 4 is 33.5 Å². The zero-order chi connectivity index (χ0) is 19.4. The minimum atomic E-state index is -0.790. The summed E-state index contributed by atoms with van der Waals surface area (Å²) in [6, 6.07) is -0.790. The molecular weight excluding hydrogens is 356 g/mol. The second kappa shape index (κ2) is 8.44. The Morgan fingerprint density at radius 1 is 1.31 bits per heavy atom. The van der Waals surface area contributed by atoms with E-state index in [9.17, 15) is 14.4 Å². The molecule has 0 fully saturated rings. The summed E-state index contributed by atoms with van der Waals surface area (Å²) in [6.07, 6.45) is 2.76. The first-order chi connectivity index (χ1) is 12.3. The minimum absolute atomic E-state index is 0.255. The Kier molecular flexibility index (Phi) is 6.52. The van der Waals surface area contributed by atoms with Crippen molar-refractivity contribution in [3.63, 3.8) is 0 Å². The SMILES string of the molecule is CCCCOC(=O)[C@H](C)n1cnc2sc(C(=O)OC(C)C)c(C)c2c1=O. The number of hydrogen-bond donors (Lipinski definition) is 0. The van der Waals surface area contributed by atoms with Crippen molar-refractivity contribution in [1.82, 2.24) is 9.55 Å². The molecule has 0 bridgehead atoms. The van der Waals surface area contributed by atoms with Gasteiger partial charge in [-0.25, -0.2) is 14.6 Å². The number of aromatic nitrogens is 2. The molecule has 0 aliphatic heterocycles. The molecule has 0 aliphatic rings. The summed E-state index contributed by atoms with van der Waals surface area (Å²) < 4.78 is 11.6. The van der Waals surface area contributed by atoms with Crippen LogP contribution in [0.25, 0.3) is 10.2 Å². The molecular formula is C18H24N2O5S. The van der Waals surface area contributed by atoms with Gasteiger partial charge < -0.3 is 9.47 Å². The molecule has 2 aromatic rings. The van der Waals surface area contributed by atoms with Crippen LogP contribution in [0, 0.1) is 6.92 Å². The first kappa shape index (κ1) is 20.1. The third kappa shape index (κ3) is 4.12. The first-order valence-electron chi connectivity index (χ1n) is 8.65. The van der Waals surface area contributed by atoms with Gasteiger partial charge in [-0.05, 0) is 39.7 Å². The molecule has 0 saturated heterocycles. The smallest absolute Gasteiger partial charge is 0.348 e. The molecule has 7 nitrogen and oxygen atoms in total. The largest absolute Gasteiger partial charge is 0.464 e. The van der Waals surface area contributed by atoms with E-state index in [4.69, 9.17) is 9.47 Å². The van der Waals surface area contributed by atoms with Gasteiger partial charge >= 0.3 is 11.9 Å². The van der Waals surface area contributed by atoms with Crippen LogP contribution in [0.5, 0.6) is 0 Å². The second-order valence-electron chi connectivity index (χ2n) is 6.34. The predicted octanol–water partition coefficient (Wildman–Crippen LogP) is 3.24. The van der Waals surface area contributed by atoms with Gasteiger partial charge in [-0.2, -0.15) is 0 Å². The highest BCUT2D eigenvalue weighted by Crippen LogP contribution is 2.28. The first-order valence-corrected chi connectivity index (χ1v) is 9.47. The summed E-state index contributed by atoms with van der Waals surface area (Å²) in [5.74, 6) is -0.951. The van der Waals surface area contributed by atoms with E-state index in [1.54, 1.807) is 27.7 Å². The maximum Gasteiger partial charge on any atom is 0.348 e. The maximum atomic E-state index is 12.9. The van der Waals surface area contributed by atoms with E-state index in [0.29, 0.717) is 27.3 Å². The van der Waals surface area contributed by atoms with Gasteiger partial charge in [-0.15, -0.1) is 11.3 Å². The molecule has 0 amide bonds. The molecule has 0 saturated carbocycles. The van der Waals surface area contributed by atoms with Crippen molar-refractivity contribution < 1.29 is 19.1 Å². The Hall–Kier alpha value is -2.22. The Morgan fingerprint density at radius 2 is 2.00 bits per heavy atom. The third-order valence-electron chi connectivity index (χ3n) is 3.90. The lowest BCUT2D eigenvalue weighted by atomic mass is 10.2. The van der Waals surface area contributed by atoms with Crippen LogP contribution < -0.4 is 5.56 Å². The molecule has 142 valence electrons. The van der Waals surface area contributed by atoms with Gasteiger partial charge in [0.25, 0.3) is 5.56 Å². The van der Waals surface area contributed by atoms with E-state index in [2.05, 4.69) is 4.98 Å². The summed E-state index contributed by atoms with van der Waals surface area (Å²) in [7, 11) is 0. The minimum Gasteiger partial charge on any atom is -0.464 e. The highest BCUT2D eigenvalue weighted by molar-refractivity contribution is 7.20. The van der Waals surface area contributed by atoms with Crippen LogP contribution in [0.3, 0.4) is 0 Å². The van der Waals surface area contributed by atoms with E-state index in [0.717, 1.165) is 24.2 Å². The van der Waals surface area contributed by atoms with Gasteiger partial charge in [0.1, 0.15) is 15.7 Å². The van der Waals surface area contributed by atoms with Gasteiger partial charge in [0.15, 0.2) is 0 Å². The fourth-order valence-electron chi connectivity index (χ4n) is 2.43. The van der Waals surface area contributed by atoms with Crippen molar-refractivity contribution in [2.75, 3.05) is 6.61 Å². The molecule has 0 N–H and O–H groups in total. The lowest BCUT2D eigenvalue weighted by molar-refractivity contribution is -0.147. The molecule has 26 heavy (non-hydrogen) atoms. The monoisotopic (exact) mass is 380 g/mol. The number of fused-ring (bicyclic) bond motifs is 1. The van der Waals surface area contributed by atoms with Gasteiger partial charge in [0, 0.05) is 0 Å². The third-order valence-corrected chi connectivity index (χ3v) is 5.08. The molecule has 0 unspecified atom stereocenters. The fraction of sp³-hybridized carbons (Fsp3) is 0.556. The van der Waals surface area contributed by atoms with Crippen LogP contribution in [0.2, 0.25) is 0 Å². The van der Waals surface area contributed by atoms with E-state index < -0.39 is 18.0 Å². The molecule has 1 atom stereocenters. The van der Waals surface area contributed by atoms with Crippen molar-refractivity contribution in [2.45, 2.75) is 59.6 Å². The van der Waals surface area contributed by atoms with Crippen molar-refractivity contribution in [3.8, 4) is 0 Å². The summed E-state index contributed by atoms with van der Waals surface area (Å²) in [6.45, 7) is 9.13. The molecule has 0 aromatic carbocycles. The van der Waals surface area contributed by atoms with Gasteiger partial charge in [-0.1, -0.05) is 13.3 Å². The molecule has 2 aromatic heterocycles. The molecule has 0 spiro atoms. The van der Waals surface area contributed by atoms with Gasteiger partial charge in [-0.3, -0.25) is 9.36 Å². The predicted molar refractivity (Wildman–Crippen MR) is 99.7 cm³/mol. The van der Waals surface area contributed by atoms with E-state index in [-0.39, 0.29) is 11.7 Å². The number of esters is 2. The number of carbonyl (C=O) groups is 2. The van der Waals surface area contributed by atoms with Gasteiger partial charge in [0.05, 0.1) is 24.4 Å². The van der Waals surface area contributed by atoms with E-state index in [1.807, 2.05) is 6.92 Å². The molecule has 0 aliphatic carbocycles. The van der Waals surface area contributed by atoms with Crippen LogP contribution in [0.1, 0.15) is 61.8 Å². The summed E-state index contributed by atoms with van der Waals surface area (Å²) in [4.78, 5) is 42.3. The lowest BCUT2D eigenvalue weighted by Crippen LogP contribution is -2.29. The number of aryl methyl sites for hydroxylation is 1. The van der Waals surface area contributed by atoms with Crippen LogP contribution in [-0.4, -0.2) is 34.2 Å². The number of rotatable bonds is 7. The topological polar surface area (TPSA) is 87.5 Å². The standard InChI is InChI=1S/C18H24N2O5S/c1-6-7-8-24-17(22)12(5)20-9-19-15-13(16(20)21)11(4)14(26-15)18(23)25-10(2)3/h9-10,12H,6-8H2,1-5H3/t12-/m0/s1. The number of nitrogens with zero attached hydrogens (tertiary/aromatic N) is 2. The number of unbranched alkanes of at least 4 members (excludes halogenated alkanes) is 1. The normalized spacial score (nSPS) is 12.4. The lowest BCUT2D eigenvalue weighted by Gasteiger charge is -2.14. The highest BCUT2D eigenvalue weighted by Gasteiger charge is 2.24. The average Bonchev–Trinajstić information content (AvgIpc) is 2.92. The van der Waals surface area contributed by atoms with E-state index in [1.165, 1.54) is 10.9 Å². The quantitative estimate of drug-likeness (QED) is 0.541. The van der Waals surface area contributed by atoms with Crippen LogP contribution in [-0.2, 0) is 14.3 Å². The van der Waals surface area contributed by atoms with Crippen molar-refractivity contribution in [1.29, 1.82) is 0 Å². The number of hydrogen-bond acceptors (Lipinski definition) is 7. The maximum absolute atomic E-state index is 12.9. The second-order valence-corrected chi connectivity index (χ2v) is 7.34. The Labute approximate surface area is 155 Å². The van der Waals surface area contributed by atoms with Crippen molar-refractivity contribution in [3.05, 3.63) is 27.1 Å². The number of thiophene rings is 1. The Morgan fingerprint density at radius 3 is 2.62 bits per heavy atom.